The molecule has 1 N–H and O–H groups in total. The first-order chi connectivity index (χ1) is 20.1. The van der Waals surface area contributed by atoms with Crippen molar-refractivity contribution in [2.75, 3.05) is 21.3 Å². The molecular formula is C30H34F3N3O7. The molecule has 1 aliphatic heterocycles. The normalized spacial score (nSPS) is 16.8. The number of hydrogen-bond donors (Lipinski definition) is 1. The Bertz CT molecular complexity index is 1400. The number of ketones is 1. The van der Waals surface area contributed by atoms with Gasteiger partial charge in [0.15, 0.2) is 17.2 Å². The fraction of sp³-hybridized carbons (Fsp3) is 0.400. The number of rotatable bonds is 10. The van der Waals surface area contributed by atoms with Crippen LogP contribution in [0.15, 0.2) is 48.7 Å². The minimum Gasteiger partial charge on any atom is -0.493 e. The standard InChI is InChI=1S/C30H34F3N3O7/c1-17(2)25-27(39)36(29(34-18(3)37,28(40)30(31,32)33)15-20-11-9-8-10-12-20)22(16-35(25)19(4)38)21-13-23(41-5)26(43-7)24(14-21)42-6/h8-14,16-17,25H,15H2,1-7H3,(H,34,37). The molecule has 13 heteroatoms. The third-order valence-electron chi connectivity index (χ3n) is 6.93. The lowest BCUT2D eigenvalue weighted by Crippen LogP contribution is -2.73. The molecule has 0 bridgehead atoms. The summed E-state index contributed by atoms with van der Waals surface area (Å²) in [5.41, 5.74) is -3.03. The Kier molecular flexibility index (Phi) is 9.78. The van der Waals surface area contributed by atoms with Crippen LogP contribution >= 0.6 is 0 Å². The van der Waals surface area contributed by atoms with Crippen LogP contribution in [0.3, 0.4) is 0 Å². The molecule has 0 aliphatic carbocycles. The van der Waals surface area contributed by atoms with E-state index in [-0.39, 0.29) is 34.1 Å². The SMILES string of the molecule is COc1cc(C2=CN(C(C)=O)C(C(C)C)C(=O)N2C(Cc2ccccc2)(NC(C)=O)C(=O)C(F)(F)F)cc(OC)c1OC. The van der Waals surface area contributed by atoms with Gasteiger partial charge < -0.3 is 24.4 Å². The number of methoxy groups -OCH3 is 3. The maximum atomic E-state index is 14.5. The van der Waals surface area contributed by atoms with Gasteiger partial charge in [-0.3, -0.25) is 24.1 Å². The van der Waals surface area contributed by atoms with Crippen LogP contribution in [0.1, 0.15) is 38.8 Å². The lowest BCUT2D eigenvalue weighted by molar-refractivity contribution is -0.187. The van der Waals surface area contributed by atoms with E-state index in [0.717, 1.165) is 11.8 Å². The molecule has 43 heavy (non-hydrogen) atoms. The molecular weight excluding hydrogens is 571 g/mol. The second-order valence-electron chi connectivity index (χ2n) is 10.2. The van der Waals surface area contributed by atoms with E-state index in [9.17, 15) is 32.3 Å². The van der Waals surface area contributed by atoms with Crippen molar-refractivity contribution in [1.29, 1.82) is 0 Å². The van der Waals surface area contributed by atoms with Gasteiger partial charge in [-0.1, -0.05) is 44.2 Å². The van der Waals surface area contributed by atoms with E-state index < -0.39 is 53.7 Å². The molecule has 0 aromatic heterocycles. The van der Waals surface area contributed by atoms with Crippen molar-refractivity contribution < 1.29 is 46.6 Å². The van der Waals surface area contributed by atoms with Crippen molar-refractivity contribution in [3.8, 4) is 17.2 Å². The lowest BCUT2D eigenvalue weighted by atomic mass is 9.87. The van der Waals surface area contributed by atoms with Gasteiger partial charge in [0.25, 0.3) is 11.7 Å². The van der Waals surface area contributed by atoms with E-state index in [1.54, 1.807) is 32.0 Å². The van der Waals surface area contributed by atoms with Gasteiger partial charge in [0.1, 0.15) is 6.04 Å². The first-order valence-corrected chi connectivity index (χ1v) is 13.2. The third kappa shape index (κ3) is 6.45. The molecule has 0 saturated heterocycles. The van der Waals surface area contributed by atoms with Crippen molar-refractivity contribution in [3.63, 3.8) is 0 Å². The van der Waals surface area contributed by atoms with Gasteiger partial charge in [-0.05, 0) is 23.6 Å². The van der Waals surface area contributed by atoms with Gasteiger partial charge in [-0.25, -0.2) is 0 Å². The van der Waals surface area contributed by atoms with Gasteiger partial charge in [-0.2, -0.15) is 13.2 Å². The van der Waals surface area contributed by atoms with Crippen LogP contribution in [0.25, 0.3) is 5.70 Å². The van der Waals surface area contributed by atoms with E-state index in [2.05, 4.69) is 5.32 Å². The van der Waals surface area contributed by atoms with Crippen molar-refractivity contribution in [2.24, 2.45) is 5.92 Å². The van der Waals surface area contributed by atoms with Crippen LogP contribution in [0, 0.1) is 5.92 Å². The van der Waals surface area contributed by atoms with Gasteiger partial charge in [0, 0.05) is 32.0 Å². The first-order valence-electron chi connectivity index (χ1n) is 13.2. The summed E-state index contributed by atoms with van der Waals surface area (Å²) in [7, 11) is 3.99. The molecule has 0 radical (unpaired) electrons. The molecule has 2 aromatic rings. The maximum absolute atomic E-state index is 14.5. The summed E-state index contributed by atoms with van der Waals surface area (Å²) in [4.78, 5) is 55.3. The first kappa shape index (κ1) is 33.0. The summed E-state index contributed by atoms with van der Waals surface area (Å²) in [6, 6.07) is 9.08. The number of amides is 3. The van der Waals surface area contributed by atoms with Crippen molar-refractivity contribution >= 4 is 29.2 Å². The smallest absolute Gasteiger partial charge is 0.454 e. The third-order valence-corrected chi connectivity index (χ3v) is 6.93. The van der Waals surface area contributed by atoms with Crippen LogP contribution in [-0.4, -0.2) is 72.5 Å². The predicted molar refractivity (Wildman–Crippen MR) is 150 cm³/mol. The Labute approximate surface area is 247 Å². The maximum Gasteiger partial charge on any atom is 0.454 e. The zero-order valence-corrected chi connectivity index (χ0v) is 24.9. The number of hydrogen-bond acceptors (Lipinski definition) is 7. The molecule has 3 amide bonds. The Morgan fingerprint density at radius 2 is 1.51 bits per heavy atom. The predicted octanol–water partition coefficient (Wildman–Crippen LogP) is 3.93. The average molecular weight is 606 g/mol. The molecule has 0 fully saturated rings. The van der Waals surface area contributed by atoms with Crippen LogP contribution in [0.5, 0.6) is 17.2 Å². The largest absolute Gasteiger partial charge is 0.493 e. The van der Waals surface area contributed by atoms with Crippen molar-refractivity contribution in [1.82, 2.24) is 15.1 Å². The van der Waals surface area contributed by atoms with Gasteiger partial charge >= 0.3 is 6.18 Å². The Balaban J connectivity index is 2.53. The Hall–Kier alpha value is -4.55. The topological polar surface area (TPSA) is 114 Å². The van der Waals surface area contributed by atoms with E-state index in [0.29, 0.717) is 4.90 Å². The quantitative estimate of drug-likeness (QED) is 0.437. The van der Waals surface area contributed by atoms with Gasteiger partial charge in [0.2, 0.25) is 17.6 Å². The van der Waals surface area contributed by atoms with Crippen LogP contribution in [-0.2, 0) is 25.6 Å². The summed E-state index contributed by atoms with van der Waals surface area (Å²) >= 11 is 0. The number of nitrogens with zero attached hydrogens (tertiary/aromatic N) is 2. The number of carbonyl (C=O) groups excluding carboxylic acids is 4. The number of Topliss-reactive ketones (excluding diaryl/α,β-unsaturated/α-hetero) is 1. The highest BCUT2D eigenvalue weighted by atomic mass is 19.4. The molecule has 3 rings (SSSR count). The number of alkyl halides is 3. The molecule has 10 nitrogen and oxygen atoms in total. The second-order valence-corrected chi connectivity index (χ2v) is 10.2. The average Bonchev–Trinajstić information content (AvgIpc) is 2.94. The molecule has 2 atom stereocenters. The van der Waals surface area contributed by atoms with Crippen LogP contribution in [0.2, 0.25) is 0 Å². The highest BCUT2D eigenvalue weighted by Gasteiger charge is 2.61. The zero-order valence-electron chi connectivity index (χ0n) is 24.9. The summed E-state index contributed by atoms with van der Waals surface area (Å²) < 4.78 is 59.8. The number of ether oxygens (including phenoxy) is 3. The highest BCUT2D eigenvalue weighted by molar-refractivity contribution is 6.05. The minimum absolute atomic E-state index is 0.0362. The molecule has 232 valence electrons. The molecule has 2 aromatic carbocycles. The second kappa shape index (κ2) is 12.8. The van der Waals surface area contributed by atoms with Gasteiger partial charge in [-0.15, -0.1) is 0 Å². The summed E-state index contributed by atoms with van der Waals surface area (Å²) in [6.45, 7) is 5.37. The van der Waals surface area contributed by atoms with E-state index in [4.69, 9.17) is 14.2 Å². The van der Waals surface area contributed by atoms with Crippen molar-refractivity contribution in [2.45, 2.75) is 52.0 Å². The molecule has 0 spiro atoms. The van der Waals surface area contributed by atoms with E-state index >= 15 is 0 Å². The number of benzene rings is 2. The summed E-state index contributed by atoms with van der Waals surface area (Å²) in [5, 5.41) is 2.20. The van der Waals surface area contributed by atoms with Crippen LogP contribution in [0.4, 0.5) is 13.2 Å². The van der Waals surface area contributed by atoms with E-state index in [1.807, 2.05) is 0 Å². The molecule has 1 heterocycles. The van der Waals surface area contributed by atoms with Crippen molar-refractivity contribution in [3.05, 3.63) is 59.8 Å². The molecule has 2 unspecified atom stereocenters. The summed E-state index contributed by atoms with van der Waals surface area (Å²) in [5.74, 6) is -5.27. The number of nitrogens with one attached hydrogen (secondary N) is 1. The summed E-state index contributed by atoms with van der Waals surface area (Å²) in [6.07, 6.45) is -5.05. The van der Waals surface area contributed by atoms with Crippen LogP contribution < -0.4 is 19.5 Å². The number of carbonyl (C=O) groups is 4. The highest BCUT2D eigenvalue weighted by Crippen LogP contribution is 2.44. The fourth-order valence-corrected chi connectivity index (χ4v) is 5.19. The zero-order chi connectivity index (χ0) is 32.3. The number of halogens is 3. The molecule has 0 saturated carbocycles. The monoisotopic (exact) mass is 605 g/mol. The Morgan fingerprint density at radius 3 is 1.93 bits per heavy atom. The molecule has 1 aliphatic rings. The van der Waals surface area contributed by atoms with Gasteiger partial charge in [0.05, 0.1) is 27.0 Å². The Morgan fingerprint density at radius 1 is 0.953 bits per heavy atom. The lowest BCUT2D eigenvalue weighted by Gasteiger charge is -2.49. The van der Waals surface area contributed by atoms with E-state index in [1.165, 1.54) is 58.7 Å². The fourth-order valence-electron chi connectivity index (χ4n) is 5.19. The minimum atomic E-state index is -5.50.